The van der Waals surface area contributed by atoms with Crippen molar-refractivity contribution in [2.75, 3.05) is 17.1 Å². The SMILES string of the molecule is COc1ccc(C2C3C(=O)N(c4cccc(Cl)c4)C(=O)C3ON2c2ccccc2C)cc1. The van der Waals surface area contributed by atoms with Crippen molar-refractivity contribution in [1.29, 1.82) is 0 Å². The number of fused-ring (bicyclic) bond motifs is 1. The molecule has 162 valence electrons. The number of anilines is 2. The van der Waals surface area contributed by atoms with Crippen LogP contribution in [0.4, 0.5) is 11.4 Å². The van der Waals surface area contributed by atoms with Crippen molar-refractivity contribution in [3.63, 3.8) is 0 Å². The number of halogens is 1. The molecule has 5 rings (SSSR count). The van der Waals surface area contributed by atoms with E-state index in [-0.39, 0.29) is 5.91 Å². The van der Waals surface area contributed by atoms with Crippen LogP contribution in [-0.2, 0) is 14.4 Å². The van der Waals surface area contributed by atoms with Gasteiger partial charge in [-0.05, 0) is 54.4 Å². The van der Waals surface area contributed by atoms with Crippen molar-refractivity contribution in [2.45, 2.75) is 19.1 Å². The van der Waals surface area contributed by atoms with E-state index in [1.807, 2.05) is 55.5 Å². The highest BCUT2D eigenvalue weighted by molar-refractivity contribution is 6.31. The number of ether oxygens (including phenoxy) is 1. The van der Waals surface area contributed by atoms with Crippen LogP contribution in [0, 0.1) is 12.8 Å². The van der Waals surface area contributed by atoms with Crippen LogP contribution in [0.15, 0.2) is 72.8 Å². The van der Waals surface area contributed by atoms with Crippen molar-refractivity contribution in [3.05, 3.63) is 88.9 Å². The topological polar surface area (TPSA) is 59.1 Å². The molecule has 3 aromatic rings. The van der Waals surface area contributed by atoms with E-state index in [0.717, 1.165) is 16.8 Å². The second kappa shape index (κ2) is 7.97. The normalized spacial score (nSPS) is 22.4. The molecule has 2 fully saturated rings. The van der Waals surface area contributed by atoms with Gasteiger partial charge in [-0.3, -0.25) is 14.4 Å². The molecule has 0 aromatic heterocycles. The van der Waals surface area contributed by atoms with Gasteiger partial charge in [-0.1, -0.05) is 48.0 Å². The van der Waals surface area contributed by atoms with E-state index < -0.39 is 24.0 Å². The first-order valence-electron chi connectivity index (χ1n) is 10.3. The Bertz CT molecular complexity index is 1200. The summed E-state index contributed by atoms with van der Waals surface area (Å²) in [7, 11) is 1.60. The zero-order valence-corrected chi connectivity index (χ0v) is 18.3. The van der Waals surface area contributed by atoms with Crippen LogP contribution in [0.5, 0.6) is 5.75 Å². The first-order valence-corrected chi connectivity index (χ1v) is 10.7. The fourth-order valence-corrected chi connectivity index (χ4v) is 4.63. The Kier molecular flexibility index (Phi) is 5.12. The first-order chi connectivity index (χ1) is 15.5. The van der Waals surface area contributed by atoms with Gasteiger partial charge in [0.15, 0.2) is 6.10 Å². The van der Waals surface area contributed by atoms with Gasteiger partial charge >= 0.3 is 0 Å². The molecule has 2 saturated heterocycles. The maximum absolute atomic E-state index is 13.6. The minimum Gasteiger partial charge on any atom is -0.497 e. The standard InChI is InChI=1S/C25H21ClN2O4/c1-15-6-3-4-9-20(15)28-22(16-10-12-19(31-2)13-11-16)21-23(32-28)25(30)27(24(21)29)18-8-5-7-17(26)14-18/h3-14,21-23H,1-2H3. The molecule has 2 heterocycles. The number of benzene rings is 3. The van der Waals surface area contributed by atoms with Crippen LogP contribution in [0.2, 0.25) is 5.02 Å². The molecule has 32 heavy (non-hydrogen) atoms. The van der Waals surface area contributed by atoms with Crippen LogP contribution in [0.25, 0.3) is 0 Å². The number of hydroxylamine groups is 1. The summed E-state index contributed by atoms with van der Waals surface area (Å²) in [5.74, 6) is -0.688. The average Bonchev–Trinajstić information content (AvgIpc) is 3.30. The maximum atomic E-state index is 13.6. The maximum Gasteiger partial charge on any atom is 0.266 e. The molecule has 3 unspecified atom stereocenters. The average molecular weight is 449 g/mol. The Morgan fingerprint density at radius 1 is 0.938 bits per heavy atom. The van der Waals surface area contributed by atoms with Gasteiger partial charge in [0.2, 0.25) is 5.91 Å². The van der Waals surface area contributed by atoms with Crippen LogP contribution < -0.4 is 14.7 Å². The molecular formula is C25H21ClN2O4. The smallest absolute Gasteiger partial charge is 0.266 e. The summed E-state index contributed by atoms with van der Waals surface area (Å²) < 4.78 is 5.29. The number of hydrogen-bond acceptors (Lipinski definition) is 5. The van der Waals surface area contributed by atoms with Crippen LogP contribution in [0.1, 0.15) is 17.2 Å². The lowest BCUT2D eigenvalue weighted by Gasteiger charge is -2.29. The quantitative estimate of drug-likeness (QED) is 0.541. The number of aryl methyl sites for hydroxylation is 1. The minimum atomic E-state index is -0.923. The van der Waals surface area contributed by atoms with E-state index in [4.69, 9.17) is 21.2 Å². The third kappa shape index (κ3) is 3.23. The number of imide groups is 1. The lowest BCUT2D eigenvalue weighted by Crippen LogP contribution is -2.37. The lowest BCUT2D eigenvalue weighted by atomic mass is 9.90. The summed E-state index contributed by atoms with van der Waals surface area (Å²) in [6.45, 7) is 1.97. The predicted octanol–water partition coefficient (Wildman–Crippen LogP) is 4.71. The number of para-hydroxylation sites is 1. The van der Waals surface area contributed by atoms with Gasteiger partial charge in [0, 0.05) is 5.02 Å². The Morgan fingerprint density at radius 2 is 1.69 bits per heavy atom. The minimum absolute atomic E-state index is 0.306. The molecule has 6 nitrogen and oxygen atoms in total. The molecular weight excluding hydrogens is 428 g/mol. The zero-order valence-electron chi connectivity index (χ0n) is 17.6. The number of hydrogen-bond donors (Lipinski definition) is 0. The number of rotatable bonds is 4. The molecule has 0 bridgehead atoms. The highest BCUT2D eigenvalue weighted by Gasteiger charge is 2.60. The highest BCUT2D eigenvalue weighted by atomic mass is 35.5. The summed E-state index contributed by atoms with van der Waals surface area (Å²) in [4.78, 5) is 34.3. The van der Waals surface area contributed by atoms with Gasteiger partial charge in [0.05, 0.1) is 24.5 Å². The second-order valence-corrected chi connectivity index (χ2v) is 8.31. The molecule has 2 aliphatic rings. The van der Waals surface area contributed by atoms with Crippen molar-refractivity contribution >= 4 is 34.8 Å². The molecule has 2 aliphatic heterocycles. The van der Waals surface area contributed by atoms with Crippen molar-refractivity contribution in [3.8, 4) is 5.75 Å². The third-order valence-electron chi connectivity index (χ3n) is 5.99. The number of nitrogens with zero attached hydrogens (tertiary/aromatic N) is 2. The molecule has 3 aromatic carbocycles. The summed E-state index contributed by atoms with van der Waals surface area (Å²) in [6.07, 6.45) is -0.923. The van der Waals surface area contributed by atoms with Crippen LogP contribution >= 0.6 is 11.6 Å². The Morgan fingerprint density at radius 3 is 2.38 bits per heavy atom. The summed E-state index contributed by atoms with van der Waals surface area (Å²) in [5, 5.41) is 2.16. The molecule has 0 N–H and O–H groups in total. The predicted molar refractivity (Wildman–Crippen MR) is 122 cm³/mol. The van der Waals surface area contributed by atoms with Crippen LogP contribution in [-0.4, -0.2) is 25.0 Å². The fourth-order valence-electron chi connectivity index (χ4n) is 4.44. The highest BCUT2D eigenvalue weighted by Crippen LogP contribution is 2.48. The van der Waals surface area contributed by atoms with Gasteiger partial charge in [-0.25, -0.2) is 9.96 Å². The molecule has 0 radical (unpaired) electrons. The molecule has 2 amide bonds. The van der Waals surface area contributed by atoms with E-state index >= 15 is 0 Å². The second-order valence-electron chi connectivity index (χ2n) is 7.87. The third-order valence-corrected chi connectivity index (χ3v) is 6.23. The fraction of sp³-hybridized carbons (Fsp3) is 0.200. The van der Waals surface area contributed by atoms with Crippen molar-refractivity contribution in [1.82, 2.24) is 0 Å². The molecule has 0 saturated carbocycles. The van der Waals surface area contributed by atoms with Gasteiger partial charge in [0.1, 0.15) is 11.7 Å². The number of carbonyl (C=O) groups is 2. The summed E-state index contributed by atoms with van der Waals surface area (Å²) in [5.41, 5.74) is 3.10. The van der Waals surface area contributed by atoms with E-state index in [9.17, 15) is 9.59 Å². The van der Waals surface area contributed by atoms with Gasteiger partial charge < -0.3 is 4.74 Å². The molecule has 0 spiro atoms. The number of carbonyl (C=O) groups excluding carboxylic acids is 2. The van der Waals surface area contributed by atoms with Gasteiger partial charge in [-0.2, -0.15) is 0 Å². The number of amides is 2. The van der Waals surface area contributed by atoms with Gasteiger partial charge in [-0.15, -0.1) is 0 Å². The van der Waals surface area contributed by atoms with Crippen molar-refractivity contribution in [2.24, 2.45) is 5.92 Å². The van der Waals surface area contributed by atoms with Crippen LogP contribution in [0.3, 0.4) is 0 Å². The largest absolute Gasteiger partial charge is 0.497 e. The summed E-state index contributed by atoms with van der Waals surface area (Å²) >= 11 is 6.11. The molecule has 7 heteroatoms. The Hall–Kier alpha value is -3.35. The van der Waals surface area contributed by atoms with E-state index in [1.165, 1.54) is 4.90 Å². The number of methoxy groups -OCH3 is 1. The Labute approximate surface area is 190 Å². The van der Waals surface area contributed by atoms with Crippen molar-refractivity contribution < 1.29 is 19.2 Å². The molecule has 0 aliphatic carbocycles. The van der Waals surface area contributed by atoms with E-state index in [0.29, 0.717) is 16.5 Å². The van der Waals surface area contributed by atoms with E-state index in [1.54, 1.807) is 36.4 Å². The van der Waals surface area contributed by atoms with Gasteiger partial charge in [0.25, 0.3) is 5.91 Å². The first kappa shape index (κ1) is 20.5. The zero-order chi connectivity index (χ0) is 22.4. The monoisotopic (exact) mass is 448 g/mol. The summed E-state index contributed by atoms with van der Waals surface area (Å²) in [6, 6.07) is 21.5. The molecule has 3 atom stereocenters. The Balaban J connectivity index is 1.60. The lowest BCUT2D eigenvalue weighted by molar-refractivity contribution is -0.126. The van der Waals surface area contributed by atoms with E-state index in [2.05, 4.69) is 0 Å².